The van der Waals surface area contributed by atoms with Gasteiger partial charge in [0.15, 0.2) is 12.6 Å². The van der Waals surface area contributed by atoms with Crippen molar-refractivity contribution >= 4 is 5.84 Å². The molecule has 11 N–H and O–H groups in total. The molecule has 0 aromatic carbocycles. The molecule has 0 aromatic heterocycles. The SMILES string of the molecule is CC(O)C(N)=N[C@@H]1C[C@H](N)C(O[C@H]2O[C@H](CCCCO)CCC2N)C(O)C1O[C@H]1OCC(C)(O)[C@H](C)C1O. The maximum absolute atomic E-state index is 11.4. The fourth-order valence-corrected chi connectivity index (χ4v) is 5.21. The number of aliphatic hydroxyl groups excluding tert-OH is 4. The highest BCUT2D eigenvalue weighted by atomic mass is 16.7. The van der Waals surface area contributed by atoms with E-state index in [9.17, 15) is 20.4 Å². The highest BCUT2D eigenvalue weighted by Crippen LogP contribution is 2.35. The van der Waals surface area contributed by atoms with Crippen molar-refractivity contribution in [3.05, 3.63) is 0 Å². The molecule has 7 unspecified atom stereocenters. The molecule has 3 aliphatic rings. The number of aliphatic hydroxyl groups is 5. The number of hydrogen-bond acceptors (Lipinski definition) is 12. The normalized spacial score (nSPS) is 45.6. The Morgan fingerprint density at radius 1 is 1.08 bits per heavy atom. The van der Waals surface area contributed by atoms with E-state index in [0.29, 0.717) is 12.8 Å². The van der Waals surface area contributed by atoms with E-state index in [-0.39, 0.29) is 31.6 Å². The van der Waals surface area contributed by atoms with Crippen molar-refractivity contribution in [2.45, 2.75) is 132 Å². The minimum absolute atomic E-state index is 0.0489. The van der Waals surface area contributed by atoms with Gasteiger partial charge < -0.3 is 61.7 Å². The van der Waals surface area contributed by atoms with E-state index in [2.05, 4.69) is 4.99 Å². The number of unbranched alkanes of at least 4 members (excludes halogenated alkanes) is 1. The molecule has 3 fully saturated rings. The first-order valence-electron chi connectivity index (χ1n) is 13.7. The number of rotatable bonds is 10. The lowest BCUT2D eigenvalue weighted by atomic mass is 9.83. The second-order valence-electron chi connectivity index (χ2n) is 11.3. The van der Waals surface area contributed by atoms with Crippen molar-refractivity contribution in [2.75, 3.05) is 13.2 Å². The molecular formula is C25H48N4O9. The molecular weight excluding hydrogens is 500 g/mol. The van der Waals surface area contributed by atoms with Crippen LogP contribution in [-0.4, -0.2) is 118 Å². The zero-order chi connectivity index (χ0) is 28.2. The summed E-state index contributed by atoms with van der Waals surface area (Å²) < 4.78 is 24.0. The average molecular weight is 549 g/mol. The largest absolute Gasteiger partial charge is 0.396 e. The van der Waals surface area contributed by atoms with Crippen LogP contribution in [0.1, 0.15) is 59.3 Å². The van der Waals surface area contributed by atoms with E-state index >= 15 is 0 Å². The van der Waals surface area contributed by atoms with Crippen molar-refractivity contribution < 1.29 is 44.5 Å². The first kappa shape index (κ1) is 31.6. The maximum Gasteiger partial charge on any atom is 0.184 e. The summed E-state index contributed by atoms with van der Waals surface area (Å²) >= 11 is 0. The third-order valence-electron chi connectivity index (χ3n) is 8.06. The van der Waals surface area contributed by atoms with Gasteiger partial charge in [0.25, 0.3) is 0 Å². The minimum Gasteiger partial charge on any atom is -0.396 e. The molecule has 0 spiro atoms. The van der Waals surface area contributed by atoms with Crippen LogP contribution in [0.2, 0.25) is 0 Å². The average Bonchev–Trinajstić information content (AvgIpc) is 2.85. The fourth-order valence-electron chi connectivity index (χ4n) is 5.21. The van der Waals surface area contributed by atoms with Gasteiger partial charge in [-0.3, -0.25) is 4.99 Å². The van der Waals surface area contributed by atoms with Crippen LogP contribution in [0.3, 0.4) is 0 Å². The van der Waals surface area contributed by atoms with E-state index in [1.807, 2.05) is 0 Å². The zero-order valence-electron chi connectivity index (χ0n) is 22.6. The van der Waals surface area contributed by atoms with Crippen molar-refractivity contribution in [1.29, 1.82) is 0 Å². The van der Waals surface area contributed by atoms with E-state index in [1.165, 1.54) is 6.92 Å². The van der Waals surface area contributed by atoms with Crippen molar-refractivity contribution in [2.24, 2.45) is 28.1 Å². The van der Waals surface area contributed by atoms with Crippen LogP contribution in [0.25, 0.3) is 0 Å². The van der Waals surface area contributed by atoms with Crippen LogP contribution in [0.15, 0.2) is 4.99 Å². The number of ether oxygens (including phenoxy) is 4. The molecule has 13 atom stereocenters. The van der Waals surface area contributed by atoms with Gasteiger partial charge in [-0.2, -0.15) is 0 Å². The van der Waals surface area contributed by atoms with Crippen LogP contribution in [-0.2, 0) is 18.9 Å². The lowest BCUT2D eigenvalue weighted by molar-refractivity contribution is -0.313. The third-order valence-corrected chi connectivity index (χ3v) is 8.06. The number of nitrogens with two attached hydrogens (primary N) is 3. The van der Waals surface area contributed by atoms with Crippen molar-refractivity contribution in [3.8, 4) is 0 Å². The van der Waals surface area contributed by atoms with Crippen LogP contribution in [0.4, 0.5) is 0 Å². The number of nitrogens with zero attached hydrogens (tertiary/aromatic N) is 1. The molecule has 0 aromatic rings. The van der Waals surface area contributed by atoms with Crippen LogP contribution < -0.4 is 17.2 Å². The van der Waals surface area contributed by atoms with Crippen LogP contribution >= 0.6 is 0 Å². The Balaban J connectivity index is 1.78. The lowest BCUT2D eigenvalue weighted by Crippen LogP contribution is -2.64. The molecule has 0 bridgehead atoms. The van der Waals surface area contributed by atoms with Gasteiger partial charge in [0.2, 0.25) is 0 Å². The second-order valence-corrected chi connectivity index (χ2v) is 11.3. The second kappa shape index (κ2) is 13.6. The zero-order valence-corrected chi connectivity index (χ0v) is 22.6. The number of aliphatic imine (C=N–C) groups is 1. The summed E-state index contributed by atoms with van der Waals surface area (Å²) in [6.45, 7) is 4.76. The Morgan fingerprint density at radius 2 is 1.76 bits per heavy atom. The fraction of sp³-hybridized carbons (Fsp3) is 0.960. The predicted molar refractivity (Wildman–Crippen MR) is 138 cm³/mol. The molecule has 2 heterocycles. The molecule has 13 nitrogen and oxygen atoms in total. The Bertz CT molecular complexity index is 773. The molecule has 222 valence electrons. The summed E-state index contributed by atoms with van der Waals surface area (Å²) in [6.07, 6.45) is -3.70. The van der Waals surface area contributed by atoms with Crippen molar-refractivity contribution in [3.63, 3.8) is 0 Å². The first-order valence-corrected chi connectivity index (χ1v) is 13.7. The van der Waals surface area contributed by atoms with Gasteiger partial charge in [-0.25, -0.2) is 0 Å². The van der Waals surface area contributed by atoms with Gasteiger partial charge in [-0.05, 0) is 52.4 Å². The van der Waals surface area contributed by atoms with E-state index < -0.39 is 72.7 Å². The lowest BCUT2D eigenvalue weighted by Gasteiger charge is -2.48. The smallest absolute Gasteiger partial charge is 0.184 e. The van der Waals surface area contributed by atoms with Gasteiger partial charge in [-0.1, -0.05) is 6.92 Å². The Hall–Kier alpha value is -0.970. The molecule has 1 aliphatic carbocycles. The third kappa shape index (κ3) is 7.61. The highest BCUT2D eigenvalue weighted by molar-refractivity contribution is 5.84. The van der Waals surface area contributed by atoms with Crippen LogP contribution in [0.5, 0.6) is 0 Å². The van der Waals surface area contributed by atoms with Gasteiger partial charge in [0.05, 0.1) is 30.4 Å². The number of amidine groups is 1. The summed E-state index contributed by atoms with van der Waals surface area (Å²) in [5, 5.41) is 51.6. The maximum atomic E-state index is 11.4. The van der Waals surface area contributed by atoms with E-state index in [0.717, 1.165) is 19.3 Å². The van der Waals surface area contributed by atoms with Gasteiger partial charge >= 0.3 is 0 Å². The molecule has 2 aliphatic heterocycles. The molecule has 0 radical (unpaired) electrons. The Kier molecular flexibility index (Phi) is 11.3. The van der Waals surface area contributed by atoms with Crippen LogP contribution in [0, 0.1) is 5.92 Å². The topological polar surface area (TPSA) is 228 Å². The molecule has 0 amide bonds. The van der Waals surface area contributed by atoms with Gasteiger partial charge in [-0.15, -0.1) is 0 Å². The summed E-state index contributed by atoms with van der Waals surface area (Å²) in [7, 11) is 0. The van der Waals surface area contributed by atoms with Gasteiger partial charge in [0, 0.05) is 18.6 Å². The molecule has 3 rings (SSSR count). The summed E-state index contributed by atoms with van der Waals surface area (Å²) in [6, 6.07) is -1.88. The van der Waals surface area contributed by atoms with Gasteiger partial charge in [0.1, 0.15) is 36.4 Å². The Labute approximate surface area is 224 Å². The molecule has 2 saturated heterocycles. The first-order chi connectivity index (χ1) is 17.9. The molecule has 1 saturated carbocycles. The van der Waals surface area contributed by atoms with E-state index in [4.69, 9.17) is 41.3 Å². The molecule has 38 heavy (non-hydrogen) atoms. The predicted octanol–water partition coefficient (Wildman–Crippen LogP) is -1.95. The summed E-state index contributed by atoms with van der Waals surface area (Å²) in [5.74, 6) is -0.621. The standard InChI is InChI=1S/C25H48N4O9/c1-12-18(32)24(35-11-25(12,3)34)38-21-17(29-22(28)13(2)31)10-16(27)20(19(21)33)37-23-15(26)8-7-14(36-23)6-4-5-9-30/h12-21,23-24,30-34H,4-11,26-27H2,1-3H3,(H2,28,29)/t12-,13?,14-,15?,16+,17-,18?,19?,20?,21?,23-,24-,25?/m1/s1. The monoisotopic (exact) mass is 548 g/mol. The minimum atomic E-state index is -1.33. The highest BCUT2D eigenvalue weighted by Gasteiger charge is 2.51. The number of hydrogen-bond donors (Lipinski definition) is 8. The molecule has 13 heteroatoms. The Morgan fingerprint density at radius 3 is 2.42 bits per heavy atom. The summed E-state index contributed by atoms with van der Waals surface area (Å²) in [5.41, 5.74) is 17.4. The quantitative estimate of drug-likeness (QED) is 0.0846. The summed E-state index contributed by atoms with van der Waals surface area (Å²) in [4.78, 5) is 4.37. The van der Waals surface area contributed by atoms with E-state index in [1.54, 1.807) is 13.8 Å². The van der Waals surface area contributed by atoms with Crippen molar-refractivity contribution in [1.82, 2.24) is 0 Å².